The number of carbonyl (C=O) groups is 3. The van der Waals surface area contributed by atoms with Crippen molar-refractivity contribution in [2.45, 2.75) is 26.8 Å². The second-order valence-electron chi connectivity index (χ2n) is 6.47. The maximum absolute atomic E-state index is 13.1. The van der Waals surface area contributed by atoms with Gasteiger partial charge in [-0.2, -0.15) is 0 Å². The molecule has 0 aromatic heterocycles. The lowest BCUT2D eigenvalue weighted by molar-refractivity contribution is -0.126. The number of hydrogen-bond donors (Lipinski definition) is 0. The molecular weight excluding hydrogens is 335 g/mol. The van der Waals surface area contributed by atoms with Crippen LogP contribution in [0.1, 0.15) is 28.4 Å². The van der Waals surface area contributed by atoms with Gasteiger partial charge in [0.2, 0.25) is 0 Å². The van der Waals surface area contributed by atoms with E-state index in [9.17, 15) is 18.8 Å². The normalized spacial score (nSPS) is 17.2. The van der Waals surface area contributed by atoms with E-state index < -0.39 is 23.8 Å². The monoisotopic (exact) mass is 354 g/mol. The molecule has 0 bridgehead atoms. The fourth-order valence-electron chi connectivity index (χ4n) is 3.07. The number of nitrogens with zero attached hydrogens (tertiary/aromatic N) is 2. The fourth-order valence-corrected chi connectivity index (χ4v) is 3.07. The van der Waals surface area contributed by atoms with Gasteiger partial charge in [-0.1, -0.05) is 17.7 Å². The SMILES string of the molecule is Cc1ccc(C)c(C(=O)CN2C(=O)[C@@H](C)N(c3ccc(F)cc3)C2=O)c1. The molecule has 1 atom stereocenters. The maximum atomic E-state index is 13.1. The van der Waals surface area contributed by atoms with E-state index >= 15 is 0 Å². The zero-order valence-corrected chi connectivity index (χ0v) is 14.8. The number of rotatable bonds is 4. The third-order valence-electron chi connectivity index (χ3n) is 4.55. The highest BCUT2D eigenvalue weighted by Crippen LogP contribution is 2.26. The van der Waals surface area contributed by atoms with E-state index in [0.717, 1.165) is 16.0 Å². The zero-order valence-electron chi connectivity index (χ0n) is 14.8. The van der Waals surface area contributed by atoms with Gasteiger partial charge in [0.15, 0.2) is 5.78 Å². The molecule has 3 rings (SSSR count). The van der Waals surface area contributed by atoms with Crippen LogP contribution in [0.3, 0.4) is 0 Å². The molecule has 26 heavy (non-hydrogen) atoms. The summed E-state index contributed by atoms with van der Waals surface area (Å²) < 4.78 is 13.1. The molecule has 2 aromatic rings. The van der Waals surface area contributed by atoms with E-state index in [1.807, 2.05) is 26.0 Å². The van der Waals surface area contributed by atoms with Crippen molar-refractivity contribution >= 4 is 23.4 Å². The number of halogens is 1. The molecule has 0 radical (unpaired) electrons. The molecule has 1 aliphatic heterocycles. The third-order valence-corrected chi connectivity index (χ3v) is 4.55. The van der Waals surface area contributed by atoms with Gasteiger partial charge in [0.1, 0.15) is 11.9 Å². The molecule has 3 amide bonds. The number of Topliss-reactive ketones (excluding diaryl/α,β-unsaturated/α-hetero) is 1. The molecule has 1 heterocycles. The summed E-state index contributed by atoms with van der Waals surface area (Å²) in [5.41, 5.74) is 2.64. The summed E-state index contributed by atoms with van der Waals surface area (Å²) in [6, 6.07) is 9.49. The van der Waals surface area contributed by atoms with E-state index in [4.69, 9.17) is 0 Å². The summed E-state index contributed by atoms with van der Waals surface area (Å²) in [7, 11) is 0. The van der Waals surface area contributed by atoms with Crippen LogP contribution in [0.15, 0.2) is 42.5 Å². The number of amides is 3. The van der Waals surface area contributed by atoms with Crippen molar-refractivity contribution in [3.05, 3.63) is 65.0 Å². The van der Waals surface area contributed by atoms with Gasteiger partial charge in [-0.15, -0.1) is 0 Å². The van der Waals surface area contributed by atoms with Gasteiger partial charge in [-0.05, 0) is 56.7 Å². The Hall–Kier alpha value is -3.02. The minimum absolute atomic E-state index is 0.291. The number of anilines is 1. The maximum Gasteiger partial charge on any atom is 0.332 e. The number of carbonyl (C=O) groups excluding carboxylic acids is 3. The van der Waals surface area contributed by atoms with Crippen LogP contribution in [-0.4, -0.2) is 35.2 Å². The smallest absolute Gasteiger partial charge is 0.292 e. The number of imide groups is 1. The molecule has 1 saturated heterocycles. The van der Waals surface area contributed by atoms with Crippen molar-refractivity contribution in [3.63, 3.8) is 0 Å². The summed E-state index contributed by atoms with van der Waals surface area (Å²) in [5.74, 6) is -1.17. The van der Waals surface area contributed by atoms with Crippen LogP contribution in [0.5, 0.6) is 0 Å². The number of ketones is 1. The van der Waals surface area contributed by atoms with Gasteiger partial charge in [0, 0.05) is 11.3 Å². The van der Waals surface area contributed by atoms with E-state index in [0.29, 0.717) is 11.3 Å². The molecule has 0 saturated carbocycles. The Labute approximate surface area is 151 Å². The Morgan fingerprint density at radius 2 is 1.73 bits per heavy atom. The molecule has 0 unspecified atom stereocenters. The quantitative estimate of drug-likeness (QED) is 0.624. The van der Waals surface area contributed by atoms with Crippen LogP contribution in [0.25, 0.3) is 0 Å². The molecule has 0 N–H and O–H groups in total. The molecule has 0 aliphatic carbocycles. The summed E-state index contributed by atoms with van der Waals surface area (Å²) in [6.45, 7) is 4.96. The summed E-state index contributed by atoms with van der Waals surface area (Å²) in [6.07, 6.45) is 0. The van der Waals surface area contributed by atoms with Gasteiger partial charge in [0.05, 0.1) is 6.54 Å². The molecule has 6 heteroatoms. The average Bonchev–Trinajstić information content (AvgIpc) is 2.81. The van der Waals surface area contributed by atoms with Gasteiger partial charge in [-0.3, -0.25) is 19.4 Å². The third kappa shape index (κ3) is 3.10. The molecule has 134 valence electrons. The Morgan fingerprint density at radius 1 is 1.08 bits per heavy atom. The topological polar surface area (TPSA) is 57.7 Å². The van der Waals surface area contributed by atoms with Crippen LogP contribution in [0.2, 0.25) is 0 Å². The lowest BCUT2D eigenvalue weighted by Gasteiger charge is -2.19. The largest absolute Gasteiger partial charge is 0.332 e. The predicted octanol–water partition coefficient (Wildman–Crippen LogP) is 3.48. The number of benzene rings is 2. The second-order valence-corrected chi connectivity index (χ2v) is 6.47. The van der Waals surface area contributed by atoms with Crippen molar-refractivity contribution in [1.82, 2.24) is 4.90 Å². The number of aryl methyl sites for hydroxylation is 2. The average molecular weight is 354 g/mol. The first kappa shape index (κ1) is 17.8. The second kappa shape index (κ2) is 6.71. The zero-order chi connectivity index (χ0) is 19.0. The van der Waals surface area contributed by atoms with Crippen LogP contribution in [0, 0.1) is 19.7 Å². The Morgan fingerprint density at radius 3 is 2.38 bits per heavy atom. The predicted molar refractivity (Wildman–Crippen MR) is 95.7 cm³/mol. The van der Waals surface area contributed by atoms with Crippen LogP contribution < -0.4 is 4.90 Å². The molecule has 1 fully saturated rings. The minimum Gasteiger partial charge on any atom is -0.292 e. The number of hydrogen-bond acceptors (Lipinski definition) is 3. The Bertz CT molecular complexity index is 892. The molecule has 5 nitrogen and oxygen atoms in total. The van der Waals surface area contributed by atoms with Crippen molar-refractivity contribution in [1.29, 1.82) is 0 Å². The minimum atomic E-state index is -0.751. The lowest BCUT2D eigenvalue weighted by atomic mass is 10.0. The van der Waals surface area contributed by atoms with Crippen LogP contribution in [0.4, 0.5) is 14.9 Å². The molecule has 2 aromatic carbocycles. The first-order valence-electron chi connectivity index (χ1n) is 8.30. The highest BCUT2D eigenvalue weighted by atomic mass is 19.1. The van der Waals surface area contributed by atoms with Gasteiger partial charge >= 0.3 is 6.03 Å². The first-order chi connectivity index (χ1) is 12.3. The Kier molecular flexibility index (Phi) is 4.59. The summed E-state index contributed by atoms with van der Waals surface area (Å²) in [5, 5.41) is 0. The van der Waals surface area contributed by atoms with Crippen molar-refractivity contribution in [2.75, 3.05) is 11.4 Å². The molecular formula is C20H19FN2O3. The standard InChI is InChI=1S/C20H19FN2O3/c1-12-4-5-13(2)17(10-12)18(24)11-22-19(25)14(3)23(20(22)26)16-8-6-15(21)7-9-16/h4-10,14H,11H2,1-3H3/t14-/m1/s1. The highest BCUT2D eigenvalue weighted by molar-refractivity contribution is 6.16. The summed E-state index contributed by atoms with van der Waals surface area (Å²) in [4.78, 5) is 40.1. The Balaban J connectivity index is 1.85. The van der Waals surface area contributed by atoms with E-state index in [1.165, 1.54) is 29.2 Å². The van der Waals surface area contributed by atoms with Gasteiger partial charge in [0.25, 0.3) is 5.91 Å². The number of urea groups is 1. The van der Waals surface area contributed by atoms with E-state index in [-0.39, 0.29) is 12.3 Å². The van der Waals surface area contributed by atoms with Gasteiger partial charge < -0.3 is 0 Å². The first-order valence-corrected chi connectivity index (χ1v) is 8.30. The van der Waals surface area contributed by atoms with Gasteiger partial charge in [-0.25, -0.2) is 9.18 Å². The van der Waals surface area contributed by atoms with Crippen LogP contribution >= 0.6 is 0 Å². The summed E-state index contributed by atoms with van der Waals surface area (Å²) >= 11 is 0. The molecule has 0 spiro atoms. The highest BCUT2D eigenvalue weighted by Gasteiger charge is 2.44. The van der Waals surface area contributed by atoms with Crippen molar-refractivity contribution in [2.24, 2.45) is 0 Å². The van der Waals surface area contributed by atoms with Crippen molar-refractivity contribution in [3.8, 4) is 0 Å². The van der Waals surface area contributed by atoms with E-state index in [2.05, 4.69) is 0 Å². The van der Waals surface area contributed by atoms with Crippen LogP contribution in [-0.2, 0) is 4.79 Å². The fraction of sp³-hybridized carbons (Fsp3) is 0.250. The van der Waals surface area contributed by atoms with Crippen molar-refractivity contribution < 1.29 is 18.8 Å². The molecule has 1 aliphatic rings. The lowest BCUT2D eigenvalue weighted by Crippen LogP contribution is -2.37. The van der Waals surface area contributed by atoms with E-state index in [1.54, 1.807) is 13.0 Å².